The number of carbonyl (C=O) groups is 2. The van der Waals surface area contributed by atoms with Crippen LogP contribution in [0.2, 0.25) is 0 Å². The largest absolute Gasteiger partial charge is 0.311 e. The highest BCUT2D eigenvalue weighted by atomic mass is 16.1. The van der Waals surface area contributed by atoms with Crippen LogP contribution in [0.15, 0.2) is 23.3 Å². The van der Waals surface area contributed by atoms with Crippen molar-refractivity contribution in [2.45, 2.75) is 50.6 Å². The summed E-state index contributed by atoms with van der Waals surface area (Å²) in [6.45, 7) is 1.99. The Balaban J connectivity index is 1.72. The Kier molecular flexibility index (Phi) is 3.74. The van der Waals surface area contributed by atoms with E-state index in [2.05, 4.69) is 22.8 Å². The molecule has 0 saturated carbocycles. The molecule has 4 nitrogen and oxygen atoms in total. The summed E-state index contributed by atoms with van der Waals surface area (Å²) in [6.07, 6.45) is 9.20. The van der Waals surface area contributed by atoms with Crippen LogP contribution in [0.3, 0.4) is 0 Å². The zero-order valence-corrected chi connectivity index (χ0v) is 12.9. The standard InChI is InChI=1S/C18H24N2O2/c21-17-3-1-11-5-13-9-20-14(10-19-13)6-12-2-4-18(22)16(8-12)15(17)7-11/h7-8,13-16,19-20H,1-6,9-10H2/t13-,14-,15+,16+/m0/s1. The van der Waals surface area contributed by atoms with Crippen molar-refractivity contribution in [1.82, 2.24) is 10.6 Å². The molecule has 6 bridgehead atoms. The Morgan fingerprint density at radius 2 is 1.18 bits per heavy atom. The lowest BCUT2D eigenvalue weighted by atomic mass is 9.73. The SMILES string of the molecule is O=C1CCC2=C[C@@H]1[C@H]1C=C(CCC1=O)C[C@H]1CN[C@H](CN1)C2. The van der Waals surface area contributed by atoms with Crippen LogP contribution in [0.25, 0.3) is 0 Å². The molecule has 3 heterocycles. The van der Waals surface area contributed by atoms with Crippen molar-refractivity contribution in [2.24, 2.45) is 11.8 Å². The quantitative estimate of drug-likeness (QED) is 0.666. The van der Waals surface area contributed by atoms with Gasteiger partial charge in [-0.05, 0) is 25.7 Å². The Morgan fingerprint density at radius 3 is 1.59 bits per heavy atom. The highest BCUT2D eigenvalue weighted by Gasteiger charge is 2.36. The van der Waals surface area contributed by atoms with Crippen LogP contribution in [-0.2, 0) is 9.59 Å². The van der Waals surface area contributed by atoms with Crippen molar-refractivity contribution in [3.63, 3.8) is 0 Å². The number of hydrogen-bond donors (Lipinski definition) is 2. The van der Waals surface area contributed by atoms with E-state index in [1.807, 2.05) is 0 Å². The lowest BCUT2D eigenvalue weighted by Gasteiger charge is -2.36. The molecule has 2 aliphatic carbocycles. The lowest BCUT2D eigenvalue weighted by Crippen LogP contribution is -2.54. The second-order valence-corrected chi connectivity index (χ2v) is 7.25. The third kappa shape index (κ3) is 2.70. The Labute approximate surface area is 131 Å². The van der Waals surface area contributed by atoms with E-state index in [0.29, 0.717) is 24.9 Å². The predicted molar refractivity (Wildman–Crippen MR) is 84.4 cm³/mol. The van der Waals surface area contributed by atoms with E-state index in [1.54, 1.807) is 0 Å². The Morgan fingerprint density at radius 1 is 0.727 bits per heavy atom. The molecule has 0 aromatic rings. The minimum absolute atomic E-state index is 0.197. The van der Waals surface area contributed by atoms with Gasteiger partial charge in [-0.15, -0.1) is 0 Å². The fraction of sp³-hybridized carbons (Fsp3) is 0.667. The van der Waals surface area contributed by atoms with Gasteiger partial charge in [-0.25, -0.2) is 0 Å². The van der Waals surface area contributed by atoms with Crippen LogP contribution in [0, 0.1) is 11.8 Å². The molecule has 22 heavy (non-hydrogen) atoms. The predicted octanol–water partition coefficient (Wildman–Crippen LogP) is 1.52. The third-order valence-electron chi connectivity index (χ3n) is 5.67. The summed E-state index contributed by atoms with van der Waals surface area (Å²) in [4.78, 5) is 24.7. The van der Waals surface area contributed by atoms with Crippen molar-refractivity contribution in [3.8, 4) is 0 Å². The highest BCUT2D eigenvalue weighted by Crippen LogP contribution is 2.35. The number of allylic oxidation sites excluding steroid dienone is 2. The van der Waals surface area contributed by atoms with Gasteiger partial charge in [-0.1, -0.05) is 23.3 Å². The number of Topliss-reactive ketones (excluding diaryl/α,β-unsaturated/α-hetero) is 2. The van der Waals surface area contributed by atoms with Gasteiger partial charge in [0, 0.05) is 49.9 Å². The van der Waals surface area contributed by atoms with E-state index in [9.17, 15) is 9.59 Å². The number of ketones is 2. The van der Waals surface area contributed by atoms with Gasteiger partial charge < -0.3 is 10.6 Å². The fourth-order valence-corrected chi connectivity index (χ4v) is 4.39. The van der Waals surface area contributed by atoms with Crippen LogP contribution in [0.5, 0.6) is 0 Å². The van der Waals surface area contributed by atoms with Crippen molar-refractivity contribution < 1.29 is 9.59 Å². The van der Waals surface area contributed by atoms with Crippen molar-refractivity contribution in [1.29, 1.82) is 0 Å². The second kappa shape index (κ2) is 5.74. The summed E-state index contributed by atoms with van der Waals surface area (Å²) >= 11 is 0. The van der Waals surface area contributed by atoms with Crippen LogP contribution >= 0.6 is 0 Å². The third-order valence-corrected chi connectivity index (χ3v) is 5.67. The van der Waals surface area contributed by atoms with Gasteiger partial charge in [0.15, 0.2) is 0 Å². The van der Waals surface area contributed by atoms with Crippen LogP contribution in [-0.4, -0.2) is 36.7 Å². The molecule has 5 rings (SSSR count). The van der Waals surface area contributed by atoms with Gasteiger partial charge in [0.05, 0.1) is 0 Å². The molecule has 1 saturated heterocycles. The smallest absolute Gasteiger partial charge is 0.141 e. The maximum absolute atomic E-state index is 12.4. The van der Waals surface area contributed by atoms with E-state index in [1.165, 1.54) is 11.1 Å². The molecule has 0 spiro atoms. The van der Waals surface area contributed by atoms with Gasteiger partial charge in [-0.2, -0.15) is 0 Å². The molecular weight excluding hydrogens is 276 g/mol. The lowest BCUT2D eigenvalue weighted by molar-refractivity contribution is -0.130. The number of fused-ring (bicyclic) bond motifs is 2. The van der Waals surface area contributed by atoms with Crippen LogP contribution in [0.4, 0.5) is 0 Å². The van der Waals surface area contributed by atoms with E-state index >= 15 is 0 Å². The molecule has 0 radical (unpaired) electrons. The molecule has 5 aliphatic rings. The number of nitrogens with one attached hydrogen (secondary N) is 2. The van der Waals surface area contributed by atoms with Gasteiger partial charge in [-0.3, -0.25) is 9.59 Å². The summed E-state index contributed by atoms with van der Waals surface area (Å²) in [6, 6.07) is 0.917. The van der Waals surface area contributed by atoms with Crippen LogP contribution < -0.4 is 10.6 Å². The van der Waals surface area contributed by atoms with Gasteiger partial charge in [0.2, 0.25) is 0 Å². The summed E-state index contributed by atoms with van der Waals surface area (Å²) in [5, 5.41) is 7.30. The maximum Gasteiger partial charge on any atom is 0.141 e. The average molecular weight is 300 g/mol. The molecule has 118 valence electrons. The fourth-order valence-electron chi connectivity index (χ4n) is 4.39. The zero-order chi connectivity index (χ0) is 15.1. The molecule has 0 aromatic carbocycles. The number of carbonyl (C=O) groups excluding carboxylic acids is 2. The minimum Gasteiger partial charge on any atom is -0.311 e. The highest BCUT2D eigenvalue weighted by molar-refractivity contribution is 5.93. The second-order valence-electron chi connectivity index (χ2n) is 7.25. The molecule has 2 N–H and O–H groups in total. The van der Waals surface area contributed by atoms with E-state index in [-0.39, 0.29) is 23.4 Å². The van der Waals surface area contributed by atoms with Gasteiger partial charge in [0.25, 0.3) is 0 Å². The van der Waals surface area contributed by atoms with Crippen molar-refractivity contribution in [3.05, 3.63) is 23.3 Å². The molecule has 4 atom stereocenters. The first kappa shape index (κ1) is 14.3. The molecular formula is C18H24N2O2. The van der Waals surface area contributed by atoms with E-state index < -0.39 is 0 Å². The first-order valence-corrected chi connectivity index (χ1v) is 8.60. The van der Waals surface area contributed by atoms with Gasteiger partial charge in [0.1, 0.15) is 11.6 Å². The molecule has 0 amide bonds. The summed E-state index contributed by atoms with van der Waals surface area (Å²) in [7, 11) is 0. The molecule has 4 heteroatoms. The molecule has 1 fully saturated rings. The Hall–Kier alpha value is -1.26. The van der Waals surface area contributed by atoms with Crippen LogP contribution in [0.1, 0.15) is 38.5 Å². The first-order chi connectivity index (χ1) is 10.7. The normalized spacial score (nSPS) is 38.7. The topological polar surface area (TPSA) is 58.2 Å². The van der Waals surface area contributed by atoms with E-state index in [4.69, 9.17) is 0 Å². The van der Waals surface area contributed by atoms with Crippen molar-refractivity contribution in [2.75, 3.05) is 13.1 Å². The summed E-state index contributed by atoms with van der Waals surface area (Å²) < 4.78 is 0. The van der Waals surface area contributed by atoms with E-state index in [0.717, 1.165) is 38.8 Å². The summed E-state index contributed by atoms with van der Waals surface area (Å²) in [5.74, 6) is 0.121. The number of piperazine rings is 1. The Bertz CT molecular complexity index is 505. The molecule has 0 unspecified atom stereocenters. The average Bonchev–Trinajstić information content (AvgIpc) is 2.52. The minimum atomic E-state index is -0.197. The molecule has 3 aliphatic heterocycles. The summed E-state index contributed by atoms with van der Waals surface area (Å²) in [5.41, 5.74) is 2.72. The van der Waals surface area contributed by atoms with Gasteiger partial charge >= 0.3 is 0 Å². The molecule has 0 aromatic heterocycles. The monoisotopic (exact) mass is 300 g/mol. The first-order valence-electron chi connectivity index (χ1n) is 8.60. The maximum atomic E-state index is 12.4. The van der Waals surface area contributed by atoms with Crippen molar-refractivity contribution >= 4 is 11.6 Å². The zero-order valence-electron chi connectivity index (χ0n) is 12.9. The number of rotatable bonds is 0. The number of hydrogen-bond acceptors (Lipinski definition) is 4.